The molecule has 0 heterocycles. The Morgan fingerprint density at radius 2 is 2.03 bits per heavy atom. The predicted molar refractivity (Wildman–Crippen MR) is 121 cm³/mol. The van der Waals surface area contributed by atoms with Gasteiger partial charge in [-0.25, -0.2) is 9.82 Å². The molecule has 2 N–H and O–H groups in total. The summed E-state index contributed by atoms with van der Waals surface area (Å²) in [6.07, 6.45) is 6.55. The van der Waals surface area contributed by atoms with Crippen LogP contribution in [0.5, 0.6) is 11.5 Å². The highest BCUT2D eigenvalue weighted by Crippen LogP contribution is 2.35. The van der Waals surface area contributed by atoms with Gasteiger partial charge in [-0.15, -0.1) is 6.42 Å². The van der Waals surface area contributed by atoms with Gasteiger partial charge in [0.2, 0.25) is 0 Å². The summed E-state index contributed by atoms with van der Waals surface area (Å²) in [5.74, 6) is 0.776. The first-order valence-electron chi connectivity index (χ1n) is 9.60. The highest BCUT2D eigenvalue weighted by molar-refractivity contribution is 6.32. The lowest BCUT2D eigenvalue weighted by molar-refractivity contribution is -0.123. The van der Waals surface area contributed by atoms with Crippen LogP contribution in [0, 0.1) is 24.1 Å². The first-order valence-corrected chi connectivity index (χ1v) is 9.98. The van der Waals surface area contributed by atoms with Gasteiger partial charge in [0.05, 0.1) is 23.9 Å². The predicted octanol–water partition coefficient (Wildman–Crippen LogP) is 3.40. The van der Waals surface area contributed by atoms with E-state index in [1.807, 2.05) is 0 Å². The molecule has 0 radical (unpaired) electrons. The van der Waals surface area contributed by atoms with E-state index in [2.05, 4.69) is 21.8 Å². The molecule has 2 aromatic rings. The molecule has 2 rings (SSSR count). The van der Waals surface area contributed by atoms with Crippen molar-refractivity contribution in [3.05, 3.63) is 58.4 Å². The Bertz CT molecular complexity index is 1050. The lowest BCUT2D eigenvalue weighted by Gasteiger charge is -2.20. The smallest absolute Gasteiger partial charge is 0.262 e. The zero-order valence-corrected chi connectivity index (χ0v) is 18.6. The van der Waals surface area contributed by atoms with E-state index >= 15 is 0 Å². The lowest BCUT2D eigenvalue weighted by Crippen LogP contribution is -2.48. The summed E-state index contributed by atoms with van der Waals surface area (Å²) < 4.78 is 24.5. The number of nitrogens with zero attached hydrogens (tertiary/aromatic N) is 1. The number of halogens is 2. The molecule has 0 aliphatic carbocycles. The normalized spacial score (nSPS) is 11.7. The number of hydrogen-bond donors (Lipinski definition) is 2. The number of carbonyl (C=O) groups is 2. The fourth-order valence-corrected chi connectivity index (χ4v) is 2.98. The molecule has 0 saturated carbocycles. The van der Waals surface area contributed by atoms with Crippen LogP contribution in [0.25, 0.3) is 0 Å². The number of nitrogens with one attached hydrogen (secondary N) is 2. The molecule has 7 nitrogen and oxygen atoms in total. The zero-order chi connectivity index (χ0) is 23.7. The van der Waals surface area contributed by atoms with Gasteiger partial charge in [0, 0.05) is 0 Å². The third kappa shape index (κ3) is 6.46. The average molecular weight is 460 g/mol. The zero-order valence-electron chi connectivity index (χ0n) is 17.8. The molecule has 0 saturated heterocycles. The number of carbonyl (C=O) groups excluding carboxylic acids is 2. The topological polar surface area (TPSA) is 89.0 Å². The first kappa shape index (κ1) is 24.7. The van der Waals surface area contributed by atoms with E-state index in [4.69, 9.17) is 27.5 Å². The van der Waals surface area contributed by atoms with Gasteiger partial charge in [-0.3, -0.25) is 9.59 Å². The summed E-state index contributed by atoms with van der Waals surface area (Å²) in [7, 11) is 1.45. The van der Waals surface area contributed by atoms with Gasteiger partial charge >= 0.3 is 0 Å². The number of ether oxygens (including phenoxy) is 2. The molecular weight excluding hydrogens is 437 g/mol. The Morgan fingerprint density at radius 3 is 2.66 bits per heavy atom. The molecule has 0 aromatic heterocycles. The Balaban J connectivity index is 2.10. The molecule has 2 aromatic carbocycles. The minimum atomic E-state index is -0.933. The molecule has 0 spiro atoms. The Kier molecular flexibility index (Phi) is 9.05. The number of methoxy groups -OCH3 is 1. The third-order valence-electron chi connectivity index (χ3n) is 4.29. The van der Waals surface area contributed by atoms with Crippen LogP contribution < -0.4 is 20.2 Å². The van der Waals surface area contributed by atoms with Crippen molar-refractivity contribution in [2.75, 3.05) is 13.7 Å². The van der Waals surface area contributed by atoms with Crippen molar-refractivity contribution in [1.82, 2.24) is 10.7 Å². The van der Waals surface area contributed by atoms with E-state index < -0.39 is 23.7 Å². The van der Waals surface area contributed by atoms with Gasteiger partial charge in [0.15, 0.2) is 11.5 Å². The molecule has 0 aliphatic heterocycles. The van der Waals surface area contributed by atoms with Crippen LogP contribution in [0.3, 0.4) is 0 Å². The minimum Gasteiger partial charge on any atom is -0.493 e. The molecule has 0 bridgehead atoms. The maximum absolute atomic E-state index is 13.8. The highest BCUT2D eigenvalue weighted by Gasteiger charge is 2.25. The first-order chi connectivity index (χ1) is 15.3. The van der Waals surface area contributed by atoms with Crippen LogP contribution >= 0.6 is 11.6 Å². The van der Waals surface area contributed by atoms with Gasteiger partial charge in [-0.1, -0.05) is 43.5 Å². The van der Waals surface area contributed by atoms with Crippen molar-refractivity contribution in [1.29, 1.82) is 0 Å². The Hall–Kier alpha value is -3.57. The summed E-state index contributed by atoms with van der Waals surface area (Å²) >= 11 is 6.21. The summed E-state index contributed by atoms with van der Waals surface area (Å²) in [4.78, 5) is 24.9. The molecule has 9 heteroatoms. The van der Waals surface area contributed by atoms with E-state index in [1.54, 1.807) is 26.0 Å². The van der Waals surface area contributed by atoms with Crippen molar-refractivity contribution in [3.8, 4) is 23.8 Å². The van der Waals surface area contributed by atoms with E-state index in [9.17, 15) is 14.0 Å². The number of benzene rings is 2. The van der Waals surface area contributed by atoms with Crippen LogP contribution in [0.15, 0.2) is 41.5 Å². The lowest BCUT2D eigenvalue weighted by atomic mass is 10.0. The third-order valence-corrected chi connectivity index (χ3v) is 4.57. The van der Waals surface area contributed by atoms with E-state index in [0.717, 1.165) is 0 Å². The average Bonchev–Trinajstić information content (AvgIpc) is 2.76. The fourth-order valence-electron chi connectivity index (χ4n) is 2.71. The molecule has 168 valence electrons. The van der Waals surface area contributed by atoms with Crippen LogP contribution in [-0.4, -0.2) is 37.8 Å². The maximum atomic E-state index is 13.8. The second kappa shape index (κ2) is 11.7. The highest BCUT2D eigenvalue weighted by atomic mass is 35.5. The van der Waals surface area contributed by atoms with Crippen molar-refractivity contribution < 1.29 is 23.5 Å². The van der Waals surface area contributed by atoms with Crippen LogP contribution in [0.1, 0.15) is 29.8 Å². The molecule has 0 fully saturated rings. The number of terminal acetylenes is 1. The van der Waals surface area contributed by atoms with Gasteiger partial charge in [-0.05, 0) is 35.7 Å². The van der Waals surface area contributed by atoms with E-state index in [1.165, 1.54) is 37.6 Å². The fraction of sp³-hybridized carbons (Fsp3) is 0.261. The number of hydrogen-bond acceptors (Lipinski definition) is 5. The quantitative estimate of drug-likeness (QED) is 0.341. The Morgan fingerprint density at radius 1 is 1.31 bits per heavy atom. The largest absolute Gasteiger partial charge is 0.493 e. The van der Waals surface area contributed by atoms with Gasteiger partial charge in [0.1, 0.15) is 18.5 Å². The van der Waals surface area contributed by atoms with Gasteiger partial charge in [-0.2, -0.15) is 5.10 Å². The number of hydrazone groups is 1. The van der Waals surface area contributed by atoms with Crippen molar-refractivity contribution >= 4 is 29.6 Å². The van der Waals surface area contributed by atoms with Crippen LogP contribution in [-0.2, 0) is 4.79 Å². The van der Waals surface area contributed by atoms with Gasteiger partial charge < -0.3 is 14.8 Å². The second-order valence-electron chi connectivity index (χ2n) is 6.94. The monoisotopic (exact) mass is 459 g/mol. The summed E-state index contributed by atoms with van der Waals surface area (Å²) in [5.41, 5.74) is 2.75. The van der Waals surface area contributed by atoms with Gasteiger partial charge in [0.25, 0.3) is 11.8 Å². The number of rotatable bonds is 9. The summed E-state index contributed by atoms with van der Waals surface area (Å²) in [6, 6.07) is 7.76. The second-order valence-corrected chi connectivity index (χ2v) is 7.34. The van der Waals surface area contributed by atoms with Crippen LogP contribution in [0.2, 0.25) is 5.02 Å². The summed E-state index contributed by atoms with van der Waals surface area (Å²) in [5, 5.41) is 6.71. The van der Waals surface area contributed by atoms with Crippen molar-refractivity contribution in [3.63, 3.8) is 0 Å². The molecule has 32 heavy (non-hydrogen) atoms. The van der Waals surface area contributed by atoms with Crippen LogP contribution in [0.4, 0.5) is 4.39 Å². The van der Waals surface area contributed by atoms with Crippen molar-refractivity contribution in [2.45, 2.75) is 19.9 Å². The Labute approximate surface area is 190 Å². The van der Waals surface area contributed by atoms with Crippen molar-refractivity contribution in [2.24, 2.45) is 11.0 Å². The standard InChI is InChI=1S/C23H23ClFN3O4/c1-5-10-32-21-17(24)11-15(12-19(21)31-4)13-26-28-23(30)20(14(2)3)27-22(29)16-8-6-7-9-18(16)25/h1,6-9,11-14,20H,10H2,2-4H3,(H,27,29)(H,28,30). The van der Waals surface area contributed by atoms with E-state index in [-0.39, 0.29) is 23.1 Å². The summed E-state index contributed by atoms with van der Waals surface area (Å²) in [6.45, 7) is 3.51. The molecular formula is C23H23ClFN3O4. The number of amides is 2. The molecule has 1 atom stereocenters. The molecule has 2 amide bonds. The molecule has 1 unspecified atom stereocenters. The van der Waals surface area contributed by atoms with E-state index in [0.29, 0.717) is 17.1 Å². The maximum Gasteiger partial charge on any atom is 0.262 e. The minimum absolute atomic E-state index is 0.0226. The molecule has 0 aliphatic rings. The SMILES string of the molecule is C#CCOc1c(Cl)cc(C=NNC(=O)C(NC(=O)c2ccccc2F)C(C)C)cc1OC.